The molecule has 1 aromatic rings. The van der Waals surface area contributed by atoms with Gasteiger partial charge in [-0.15, -0.1) is 0 Å². The van der Waals surface area contributed by atoms with E-state index in [1.807, 2.05) is 0 Å². The summed E-state index contributed by atoms with van der Waals surface area (Å²) in [5.41, 5.74) is 1.96. The molecule has 0 spiro atoms. The summed E-state index contributed by atoms with van der Waals surface area (Å²) in [6, 6.07) is 2.26. The smallest absolute Gasteiger partial charge is 0.00107 e. The molecule has 0 radical (unpaired) electrons. The van der Waals surface area contributed by atoms with E-state index >= 15 is 0 Å². The van der Waals surface area contributed by atoms with Crippen LogP contribution < -0.4 is 5.32 Å². The fourth-order valence-electron chi connectivity index (χ4n) is 2.03. The molecule has 0 bridgehead atoms. The summed E-state index contributed by atoms with van der Waals surface area (Å²) in [5, 5.41) is 7.97. The van der Waals surface area contributed by atoms with Crippen LogP contribution in [-0.4, -0.2) is 13.1 Å². The fourth-order valence-corrected chi connectivity index (χ4v) is 2.70. The van der Waals surface area contributed by atoms with Crippen LogP contribution in [0.4, 0.5) is 0 Å². The van der Waals surface area contributed by atoms with E-state index in [-0.39, 0.29) is 0 Å². The predicted octanol–water partition coefficient (Wildman–Crippen LogP) is 3.71. The van der Waals surface area contributed by atoms with Gasteiger partial charge in [0.25, 0.3) is 0 Å². The Morgan fingerprint density at radius 1 is 1.27 bits per heavy atom. The largest absolute Gasteiger partial charge is 0.316 e. The minimum Gasteiger partial charge on any atom is -0.316 e. The topological polar surface area (TPSA) is 12.0 Å². The van der Waals surface area contributed by atoms with Gasteiger partial charge in [-0.25, -0.2) is 0 Å². The highest BCUT2D eigenvalue weighted by Gasteiger charge is 2.25. The first kappa shape index (κ1) is 12.7. The van der Waals surface area contributed by atoms with E-state index in [1.165, 1.54) is 24.8 Å². The Kier molecular flexibility index (Phi) is 5.34. The fraction of sp³-hybridized carbons (Fsp3) is 0.692. The van der Waals surface area contributed by atoms with Crippen LogP contribution in [0.25, 0.3) is 0 Å². The van der Waals surface area contributed by atoms with Gasteiger partial charge < -0.3 is 5.32 Å². The Labute approximate surface area is 97.9 Å². The molecular weight excluding hydrogens is 202 g/mol. The average molecular weight is 225 g/mol. The van der Waals surface area contributed by atoms with Crippen LogP contribution in [0.3, 0.4) is 0 Å². The van der Waals surface area contributed by atoms with Crippen LogP contribution in [-0.2, 0) is 6.42 Å². The van der Waals surface area contributed by atoms with Crippen LogP contribution in [0, 0.1) is 5.41 Å². The molecule has 0 aliphatic carbocycles. The van der Waals surface area contributed by atoms with Crippen molar-refractivity contribution in [2.24, 2.45) is 5.41 Å². The van der Waals surface area contributed by atoms with Gasteiger partial charge in [0.15, 0.2) is 0 Å². The first-order valence-electron chi connectivity index (χ1n) is 5.98. The molecule has 0 unspecified atom stereocenters. The Morgan fingerprint density at radius 2 is 2.00 bits per heavy atom. The highest BCUT2D eigenvalue weighted by molar-refractivity contribution is 7.07. The predicted molar refractivity (Wildman–Crippen MR) is 69.6 cm³/mol. The molecular formula is C13H23NS. The normalized spacial score (nSPS) is 11.9. The van der Waals surface area contributed by atoms with Crippen molar-refractivity contribution in [3.63, 3.8) is 0 Å². The van der Waals surface area contributed by atoms with Gasteiger partial charge in [0.1, 0.15) is 0 Å². The SMILES string of the molecule is CCNCC(CC)(CC)Cc1ccsc1. The Morgan fingerprint density at radius 3 is 2.47 bits per heavy atom. The summed E-state index contributed by atoms with van der Waals surface area (Å²) in [4.78, 5) is 0. The van der Waals surface area contributed by atoms with Crippen molar-refractivity contribution in [2.75, 3.05) is 13.1 Å². The summed E-state index contributed by atoms with van der Waals surface area (Å²) in [7, 11) is 0. The van der Waals surface area contributed by atoms with Crippen molar-refractivity contribution in [2.45, 2.75) is 40.0 Å². The number of rotatable bonds is 7. The lowest BCUT2D eigenvalue weighted by molar-refractivity contribution is 0.248. The van der Waals surface area contributed by atoms with Gasteiger partial charge in [-0.3, -0.25) is 0 Å². The van der Waals surface area contributed by atoms with E-state index in [1.54, 1.807) is 11.3 Å². The number of nitrogens with one attached hydrogen (secondary N) is 1. The standard InChI is InChI=1S/C13H23NS/c1-4-13(5-2,11-14-6-3)9-12-7-8-15-10-12/h7-8,10,14H,4-6,9,11H2,1-3H3. The third-order valence-corrected chi connectivity index (χ3v) is 4.14. The molecule has 0 saturated heterocycles. The van der Waals surface area contributed by atoms with Crippen molar-refractivity contribution in [1.29, 1.82) is 0 Å². The van der Waals surface area contributed by atoms with Crippen molar-refractivity contribution >= 4 is 11.3 Å². The highest BCUT2D eigenvalue weighted by atomic mass is 32.1. The molecule has 0 saturated carbocycles. The van der Waals surface area contributed by atoms with Crippen LogP contribution in [0.2, 0.25) is 0 Å². The maximum atomic E-state index is 3.51. The molecule has 0 atom stereocenters. The first-order valence-corrected chi connectivity index (χ1v) is 6.92. The first-order chi connectivity index (χ1) is 7.26. The second-order valence-corrected chi connectivity index (χ2v) is 5.08. The molecule has 1 aromatic heterocycles. The maximum absolute atomic E-state index is 3.51. The zero-order valence-electron chi connectivity index (χ0n) is 10.2. The number of hydrogen-bond acceptors (Lipinski definition) is 2. The minimum atomic E-state index is 0.455. The highest BCUT2D eigenvalue weighted by Crippen LogP contribution is 2.30. The van der Waals surface area contributed by atoms with Crippen LogP contribution >= 0.6 is 11.3 Å². The molecule has 0 fully saturated rings. The monoisotopic (exact) mass is 225 g/mol. The third kappa shape index (κ3) is 3.62. The van der Waals surface area contributed by atoms with Gasteiger partial charge in [-0.05, 0) is 53.6 Å². The van der Waals surface area contributed by atoms with Crippen molar-refractivity contribution < 1.29 is 0 Å². The Bertz CT molecular complexity index is 250. The van der Waals surface area contributed by atoms with Gasteiger partial charge in [0, 0.05) is 6.54 Å². The van der Waals surface area contributed by atoms with E-state index in [4.69, 9.17) is 0 Å². The maximum Gasteiger partial charge on any atom is 0.00107 e. The van der Waals surface area contributed by atoms with E-state index in [0.29, 0.717) is 5.41 Å². The molecule has 0 aliphatic rings. The number of thiophene rings is 1. The third-order valence-electron chi connectivity index (χ3n) is 3.41. The summed E-state index contributed by atoms with van der Waals surface area (Å²) in [5.74, 6) is 0. The van der Waals surface area contributed by atoms with E-state index < -0.39 is 0 Å². The summed E-state index contributed by atoms with van der Waals surface area (Å²) >= 11 is 1.80. The van der Waals surface area contributed by atoms with Crippen molar-refractivity contribution in [1.82, 2.24) is 5.32 Å². The summed E-state index contributed by atoms with van der Waals surface area (Å²) < 4.78 is 0. The van der Waals surface area contributed by atoms with E-state index in [2.05, 4.69) is 42.9 Å². The zero-order chi connectivity index (χ0) is 11.1. The van der Waals surface area contributed by atoms with E-state index in [0.717, 1.165) is 13.1 Å². The van der Waals surface area contributed by atoms with Crippen molar-refractivity contribution in [3.05, 3.63) is 22.4 Å². The quantitative estimate of drug-likeness (QED) is 0.746. The van der Waals surface area contributed by atoms with E-state index in [9.17, 15) is 0 Å². The van der Waals surface area contributed by atoms with Gasteiger partial charge in [0.05, 0.1) is 0 Å². The second-order valence-electron chi connectivity index (χ2n) is 4.30. The van der Waals surface area contributed by atoms with Gasteiger partial charge in [-0.1, -0.05) is 20.8 Å². The summed E-state index contributed by atoms with van der Waals surface area (Å²) in [6.07, 6.45) is 3.73. The van der Waals surface area contributed by atoms with Crippen LogP contribution in [0.5, 0.6) is 0 Å². The van der Waals surface area contributed by atoms with Crippen molar-refractivity contribution in [3.8, 4) is 0 Å². The molecule has 86 valence electrons. The van der Waals surface area contributed by atoms with Crippen LogP contribution in [0.1, 0.15) is 39.2 Å². The second kappa shape index (κ2) is 6.29. The molecule has 15 heavy (non-hydrogen) atoms. The molecule has 0 amide bonds. The van der Waals surface area contributed by atoms with Gasteiger partial charge in [0.2, 0.25) is 0 Å². The van der Waals surface area contributed by atoms with Gasteiger partial charge in [-0.2, -0.15) is 11.3 Å². The summed E-state index contributed by atoms with van der Waals surface area (Å²) in [6.45, 7) is 9.03. The molecule has 0 aromatic carbocycles. The average Bonchev–Trinajstić information content (AvgIpc) is 2.77. The minimum absolute atomic E-state index is 0.455. The number of hydrogen-bond donors (Lipinski definition) is 1. The molecule has 1 nitrogen and oxygen atoms in total. The zero-order valence-corrected chi connectivity index (χ0v) is 11.0. The molecule has 2 heteroatoms. The molecule has 1 N–H and O–H groups in total. The molecule has 0 aliphatic heterocycles. The molecule has 1 rings (SSSR count). The lowest BCUT2D eigenvalue weighted by atomic mass is 9.77. The lowest BCUT2D eigenvalue weighted by Crippen LogP contribution is -2.35. The van der Waals surface area contributed by atoms with Gasteiger partial charge >= 0.3 is 0 Å². The van der Waals surface area contributed by atoms with Crippen LogP contribution in [0.15, 0.2) is 16.8 Å². The Balaban J connectivity index is 2.63. The Hall–Kier alpha value is -0.340. The molecule has 1 heterocycles. The lowest BCUT2D eigenvalue weighted by Gasteiger charge is -2.31.